The number of rotatable bonds is 3. The van der Waals surface area contributed by atoms with Crippen molar-refractivity contribution in [3.8, 4) is 6.07 Å². The molecule has 0 heterocycles. The molecule has 2 aromatic carbocycles. The van der Waals surface area contributed by atoms with Crippen molar-refractivity contribution in [2.75, 3.05) is 5.32 Å². The molecular weight excluding hydrogens is 381 g/mol. The van der Waals surface area contributed by atoms with Gasteiger partial charge in [0.15, 0.2) is 5.11 Å². The Morgan fingerprint density at radius 3 is 2.75 bits per heavy atom. The van der Waals surface area contributed by atoms with E-state index in [-0.39, 0.29) is 0 Å². The van der Waals surface area contributed by atoms with Gasteiger partial charge in [-0.05, 0) is 70.7 Å². The number of halogens is 1. The van der Waals surface area contributed by atoms with E-state index in [2.05, 4.69) is 45.4 Å². The van der Waals surface area contributed by atoms with E-state index in [4.69, 9.17) is 17.5 Å². The van der Waals surface area contributed by atoms with Gasteiger partial charge < -0.3 is 10.6 Å². The van der Waals surface area contributed by atoms with E-state index in [1.54, 1.807) is 12.1 Å². The number of hydrogen-bond acceptors (Lipinski definition) is 2. The van der Waals surface area contributed by atoms with E-state index in [9.17, 15) is 0 Å². The summed E-state index contributed by atoms with van der Waals surface area (Å²) in [5, 5.41) is 15.6. The van der Waals surface area contributed by atoms with Gasteiger partial charge in [0, 0.05) is 15.8 Å². The zero-order valence-electron chi connectivity index (χ0n) is 10.6. The minimum Gasteiger partial charge on any atom is -0.358 e. The maximum atomic E-state index is 8.85. The number of benzene rings is 2. The molecule has 0 saturated heterocycles. The summed E-state index contributed by atoms with van der Waals surface area (Å²) in [5.41, 5.74) is 2.59. The highest BCUT2D eigenvalue weighted by Gasteiger charge is 2.00. The van der Waals surface area contributed by atoms with Gasteiger partial charge >= 0.3 is 0 Å². The maximum Gasteiger partial charge on any atom is 0.171 e. The van der Waals surface area contributed by atoms with Crippen LogP contribution < -0.4 is 10.6 Å². The summed E-state index contributed by atoms with van der Waals surface area (Å²) in [7, 11) is 0. The highest BCUT2D eigenvalue weighted by molar-refractivity contribution is 14.1. The average molecular weight is 393 g/mol. The van der Waals surface area contributed by atoms with Crippen molar-refractivity contribution in [2.45, 2.75) is 6.54 Å². The van der Waals surface area contributed by atoms with Crippen LogP contribution >= 0.6 is 34.8 Å². The van der Waals surface area contributed by atoms with Crippen LogP contribution in [0.4, 0.5) is 5.69 Å². The van der Waals surface area contributed by atoms with Crippen molar-refractivity contribution in [1.29, 1.82) is 5.26 Å². The number of nitrogens with zero attached hydrogens (tertiary/aromatic N) is 1. The van der Waals surface area contributed by atoms with E-state index in [0.717, 1.165) is 5.69 Å². The van der Waals surface area contributed by atoms with Gasteiger partial charge in [0.05, 0.1) is 11.6 Å². The Morgan fingerprint density at radius 2 is 2.00 bits per heavy atom. The zero-order valence-corrected chi connectivity index (χ0v) is 13.5. The van der Waals surface area contributed by atoms with E-state index in [1.165, 1.54) is 9.13 Å². The quantitative estimate of drug-likeness (QED) is 0.618. The van der Waals surface area contributed by atoms with Crippen LogP contribution in [0.5, 0.6) is 0 Å². The Morgan fingerprint density at radius 1 is 1.20 bits per heavy atom. The molecular formula is C15H12IN3S. The van der Waals surface area contributed by atoms with Crippen molar-refractivity contribution in [1.82, 2.24) is 5.32 Å². The second kappa shape index (κ2) is 7.22. The summed E-state index contributed by atoms with van der Waals surface area (Å²) in [6.07, 6.45) is 0. The fourth-order valence-corrected chi connectivity index (χ4v) is 2.47. The van der Waals surface area contributed by atoms with E-state index >= 15 is 0 Å². The Balaban J connectivity index is 1.91. The smallest absolute Gasteiger partial charge is 0.171 e. The number of thiocarbonyl (C=S) groups is 1. The zero-order chi connectivity index (χ0) is 14.4. The van der Waals surface area contributed by atoms with Crippen LogP contribution in [0.25, 0.3) is 0 Å². The SMILES string of the molecule is N#Cc1cccc(NC(=S)NCc2cccc(I)c2)c1. The third kappa shape index (κ3) is 4.47. The van der Waals surface area contributed by atoms with E-state index < -0.39 is 0 Å². The van der Waals surface area contributed by atoms with Crippen LogP contribution in [-0.4, -0.2) is 5.11 Å². The Bertz CT molecular complexity index is 664. The molecule has 0 bridgehead atoms. The summed E-state index contributed by atoms with van der Waals surface area (Å²) in [6, 6.07) is 17.5. The van der Waals surface area contributed by atoms with Crippen LogP contribution in [-0.2, 0) is 6.54 Å². The fourth-order valence-electron chi connectivity index (χ4n) is 1.67. The summed E-state index contributed by atoms with van der Waals surface area (Å²) in [4.78, 5) is 0. The van der Waals surface area contributed by atoms with Crippen molar-refractivity contribution in [3.63, 3.8) is 0 Å². The minimum absolute atomic E-state index is 0.541. The third-order valence-corrected chi connectivity index (χ3v) is 3.51. The third-order valence-electron chi connectivity index (χ3n) is 2.59. The van der Waals surface area contributed by atoms with Gasteiger partial charge in [-0.3, -0.25) is 0 Å². The van der Waals surface area contributed by atoms with Gasteiger partial charge in [-0.1, -0.05) is 18.2 Å². The Kier molecular flexibility index (Phi) is 5.32. The normalized spacial score (nSPS) is 9.60. The van der Waals surface area contributed by atoms with Gasteiger partial charge in [0.1, 0.15) is 0 Å². The molecule has 20 heavy (non-hydrogen) atoms. The number of nitriles is 1. The second-order valence-corrected chi connectivity index (χ2v) is 5.78. The molecule has 0 spiro atoms. The molecule has 0 fully saturated rings. The van der Waals surface area contributed by atoms with E-state index in [1.807, 2.05) is 30.3 Å². The summed E-state index contributed by atoms with van der Waals surface area (Å²) < 4.78 is 1.20. The number of hydrogen-bond donors (Lipinski definition) is 2. The molecule has 0 aliphatic heterocycles. The van der Waals surface area contributed by atoms with Gasteiger partial charge in [0.2, 0.25) is 0 Å². The molecule has 0 aromatic heterocycles. The molecule has 0 radical (unpaired) electrons. The van der Waals surface area contributed by atoms with Crippen molar-refractivity contribution in [3.05, 3.63) is 63.2 Å². The number of anilines is 1. The van der Waals surface area contributed by atoms with Gasteiger partial charge in [0.25, 0.3) is 0 Å². The largest absolute Gasteiger partial charge is 0.358 e. The van der Waals surface area contributed by atoms with Gasteiger partial charge in [-0.15, -0.1) is 0 Å². The lowest BCUT2D eigenvalue weighted by Crippen LogP contribution is -2.27. The molecule has 2 aromatic rings. The Labute approximate surface area is 137 Å². The van der Waals surface area contributed by atoms with Gasteiger partial charge in [-0.2, -0.15) is 5.26 Å². The highest BCUT2D eigenvalue weighted by Crippen LogP contribution is 2.10. The molecule has 0 unspecified atom stereocenters. The Hall–Kier alpha value is -1.65. The van der Waals surface area contributed by atoms with Crippen LogP contribution in [0.1, 0.15) is 11.1 Å². The first-order chi connectivity index (χ1) is 9.67. The summed E-state index contributed by atoms with van der Waals surface area (Å²) in [6.45, 7) is 0.667. The molecule has 0 aliphatic rings. The van der Waals surface area contributed by atoms with Crippen LogP contribution in [0.15, 0.2) is 48.5 Å². The lowest BCUT2D eigenvalue weighted by molar-refractivity contribution is 0.925. The van der Waals surface area contributed by atoms with Crippen LogP contribution in [0, 0.1) is 14.9 Å². The molecule has 3 nitrogen and oxygen atoms in total. The minimum atomic E-state index is 0.541. The second-order valence-electron chi connectivity index (χ2n) is 4.13. The molecule has 0 amide bonds. The predicted octanol–water partition coefficient (Wildman–Crippen LogP) is 3.65. The summed E-state index contributed by atoms with van der Waals surface area (Å²) in [5.74, 6) is 0. The predicted molar refractivity (Wildman–Crippen MR) is 93.4 cm³/mol. The van der Waals surface area contributed by atoms with E-state index in [0.29, 0.717) is 17.2 Å². The first-order valence-corrected chi connectivity index (χ1v) is 7.45. The van der Waals surface area contributed by atoms with Crippen molar-refractivity contribution in [2.24, 2.45) is 0 Å². The molecule has 0 saturated carbocycles. The average Bonchev–Trinajstić information content (AvgIpc) is 2.45. The van der Waals surface area contributed by atoms with Gasteiger partial charge in [-0.25, -0.2) is 0 Å². The monoisotopic (exact) mass is 393 g/mol. The molecule has 2 rings (SSSR count). The molecule has 5 heteroatoms. The number of nitrogens with one attached hydrogen (secondary N) is 2. The van der Waals surface area contributed by atoms with Crippen molar-refractivity contribution < 1.29 is 0 Å². The lowest BCUT2D eigenvalue weighted by Gasteiger charge is -2.11. The standard InChI is InChI=1S/C15H12IN3S/c16-13-5-1-4-12(7-13)10-18-15(20)19-14-6-2-3-11(8-14)9-17/h1-8H,10H2,(H2,18,19,20). The summed E-state index contributed by atoms with van der Waals surface area (Å²) >= 11 is 7.52. The first-order valence-electron chi connectivity index (χ1n) is 5.97. The molecule has 0 atom stereocenters. The first kappa shape index (κ1) is 14.8. The topological polar surface area (TPSA) is 47.9 Å². The molecule has 0 aliphatic carbocycles. The lowest BCUT2D eigenvalue weighted by atomic mass is 10.2. The van der Waals surface area contributed by atoms with Crippen molar-refractivity contribution >= 4 is 45.6 Å². The van der Waals surface area contributed by atoms with Crippen LogP contribution in [0.2, 0.25) is 0 Å². The highest BCUT2D eigenvalue weighted by atomic mass is 127. The molecule has 2 N–H and O–H groups in total. The maximum absolute atomic E-state index is 8.85. The van der Waals surface area contributed by atoms with Crippen LogP contribution in [0.3, 0.4) is 0 Å². The fraction of sp³-hybridized carbons (Fsp3) is 0.0667. The molecule has 100 valence electrons.